The molecule has 0 saturated carbocycles. The third kappa shape index (κ3) is 4.83. The first-order valence-corrected chi connectivity index (χ1v) is 9.56. The van der Waals surface area contributed by atoms with Crippen molar-refractivity contribution >= 4 is 23.6 Å². The van der Waals surface area contributed by atoms with Crippen molar-refractivity contribution in [2.45, 2.75) is 26.7 Å². The van der Waals surface area contributed by atoms with Gasteiger partial charge in [-0.3, -0.25) is 34.9 Å². The molecule has 156 valence electrons. The summed E-state index contributed by atoms with van der Waals surface area (Å²) in [5, 5.41) is 0. The topological polar surface area (TPSA) is 105 Å². The summed E-state index contributed by atoms with van der Waals surface area (Å²) in [5.41, 5.74) is 7.50. The summed E-state index contributed by atoms with van der Waals surface area (Å²) in [4.78, 5) is 49.7. The maximum Gasteiger partial charge on any atom is 0.276 e. The lowest BCUT2D eigenvalue weighted by molar-refractivity contribution is -0.131. The molecule has 0 atom stereocenters. The van der Waals surface area contributed by atoms with Gasteiger partial charge in [-0.05, 0) is 36.6 Å². The van der Waals surface area contributed by atoms with Crippen LogP contribution in [0.15, 0.2) is 42.5 Å². The molecule has 1 aliphatic heterocycles. The number of rotatable bonds is 6. The van der Waals surface area contributed by atoms with Crippen LogP contribution in [-0.4, -0.2) is 41.7 Å². The van der Waals surface area contributed by atoms with Crippen LogP contribution in [-0.2, 0) is 20.8 Å². The summed E-state index contributed by atoms with van der Waals surface area (Å²) in [6.07, 6.45) is -0.00634. The Bertz CT molecular complexity index is 982. The maximum atomic E-state index is 12.5. The summed E-state index contributed by atoms with van der Waals surface area (Å²) in [7, 11) is 0. The molecular formula is C22H23N3O5. The third-order valence-corrected chi connectivity index (χ3v) is 4.80. The molecule has 0 bridgehead atoms. The van der Waals surface area contributed by atoms with Crippen LogP contribution in [0.2, 0.25) is 0 Å². The maximum absolute atomic E-state index is 12.5. The largest absolute Gasteiger partial charge is 0.483 e. The van der Waals surface area contributed by atoms with Crippen LogP contribution >= 0.6 is 0 Å². The number of hydrogen-bond donors (Lipinski definition) is 2. The number of benzene rings is 2. The van der Waals surface area contributed by atoms with E-state index in [9.17, 15) is 19.2 Å². The Morgan fingerprint density at radius 1 is 0.967 bits per heavy atom. The number of carbonyl (C=O) groups excluding carboxylic acids is 4. The van der Waals surface area contributed by atoms with Crippen LogP contribution in [0.5, 0.6) is 5.75 Å². The van der Waals surface area contributed by atoms with Gasteiger partial charge < -0.3 is 4.74 Å². The third-order valence-electron chi connectivity index (χ3n) is 4.80. The minimum Gasteiger partial charge on any atom is -0.483 e. The minimum atomic E-state index is -0.523. The molecule has 8 heteroatoms. The summed E-state index contributed by atoms with van der Waals surface area (Å²) in [5.74, 6) is -1.18. The Hall–Kier alpha value is -3.68. The molecule has 1 heterocycles. The smallest absolute Gasteiger partial charge is 0.276 e. The fourth-order valence-electron chi connectivity index (χ4n) is 3.24. The van der Waals surface area contributed by atoms with Gasteiger partial charge in [0.05, 0.1) is 6.42 Å². The molecule has 0 fully saturated rings. The van der Waals surface area contributed by atoms with Crippen molar-refractivity contribution in [2.75, 3.05) is 13.2 Å². The lowest BCUT2D eigenvalue weighted by Crippen LogP contribution is -2.47. The summed E-state index contributed by atoms with van der Waals surface area (Å²) >= 11 is 0. The predicted octanol–water partition coefficient (Wildman–Crippen LogP) is 1.44. The second-order valence-corrected chi connectivity index (χ2v) is 7.04. The average Bonchev–Trinajstić information content (AvgIpc) is 2.71. The molecule has 0 aliphatic carbocycles. The number of carbonyl (C=O) groups is 4. The Morgan fingerprint density at radius 3 is 2.37 bits per heavy atom. The molecule has 8 nitrogen and oxygen atoms in total. The van der Waals surface area contributed by atoms with Crippen molar-refractivity contribution in [3.8, 4) is 5.75 Å². The van der Waals surface area contributed by atoms with Crippen LogP contribution in [0.3, 0.4) is 0 Å². The van der Waals surface area contributed by atoms with Gasteiger partial charge in [0.25, 0.3) is 11.8 Å². The molecule has 2 N–H and O–H groups in total. The van der Waals surface area contributed by atoms with Gasteiger partial charge in [0.15, 0.2) is 6.61 Å². The number of aryl methyl sites for hydroxylation is 2. The summed E-state index contributed by atoms with van der Waals surface area (Å²) in [6, 6.07) is 12.6. The van der Waals surface area contributed by atoms with Gasteiger partial charge in [0, 0.05) is 18.5 Å². The summed E-state index contributed by atoms with van der Waals surface area (Å²) in [6.45, 7) is 3.44. The molecular weight excluding hydrogens is 386 g/mol. The molecule has 30 heavy (non-hydrogen) atoms. The first-order valence-electron chi connectivity index (χ1n) is 9.56. The van der Waals surface area contributed by atoms with Crippen LogP contribution in [0.1, 0.15) is 33.5 Å². The Kier molecular flexibility index (Phi) is 6.46. The van der Waals surface area contributed by atoms with E-state index in [-0.39, 0.29) is 31.9 Å². The zero-order chi connectivity index (χ0) is 21.7. The molecule has 2 aromatic carbocycles. The zero-order valence-corrected chi connectivity index (χ0v) is 16.9. The standard InChI is InChI=1S/C22H23N3O5/c1-14-6-5-7-15(2)21(14)30-13-19(27)24-23-18(26)10-11-25-20(28)12-16-8-3-4-9-17(16)22(25)29/h3-9H,10-13H2,1-2H3,(H,23,26)(H,24,27). The molecule has 0 unspecified atom stereocenters. The van der Waals surface area contributed by atoms with E-state index >= 15 is 0 Å². The number of imide groups is 1. The van der Waals surface area contributed by atoms with E-state index in [0.29, 0.717) is 16.9 Å². The van der Waals surface area contributed by atoms with E-state index in [1.165, 1.54) is 0 Å². The van der Waals surface area contributed by atoms with Crippen LogP contribution in [0.25, 0.3) is 0 Å². The Balaban J connectivity index is 1.44. The fourth-order valence-corrected chi connectivity index (χ4v) is 3.24. The Morgan fingerprint density at radius 2 is 1.63 bits per heavy atom. The number of fused-ring (bicyclic) bond motifs is 1. The number of nitrogens with one attached hydrogen (secondary N) is 2. The highest BCUT2D eigenvalue weighted by Gasteiger charge is 2.30. The average molecular weight is 409 g/mol. The van der Waals surface area contributed by atoms with Gasteiger partial charge >= 0.3 is 0 Å². The van der Waals surface area contributed by atoms with E-state index < -0.39 is 17.7 Å². The Labute approximate surface area is 174 Å². The lowest BCUT2D eigenvalue weighted by atomic mass is 9.98. The van der Waals surface area contributed by atoms with Gasteiger partial charge in [0.2, 0.25) is 11.8 Å². The molecule has 0 aromatic heterocycles. The van der Waals surface area contributed by atoms with E-state index in [1.807, 2.05) is 32.0 Å². The van der Waals surface area contributed by atoms with Crippen molar-refractivity contribution in [3.05, 3.63) is 64.7 Å². The molecule has 2 aromatic rings. The van der Waals surface area contributed by atoms with Crippen LogP contribution in [0, 0.1) is 13.8 Å². The monoisotopic (exact) mass is 409 g/mol. The van der Waals surface area contributed by atoms with E-state index in [4.69, 9.17) is 4.74 Å². The van der Waals surface area contributed by atoms with Gasteiger partial charge in [-0.1, -0.05) is 36.4 Å². The molecule has 0 saturated heterocycles. The number of hydrazine groups is 1. The highest BCUT2D eigenvalue weighted by atomic mass is 16.5. The fraction of sp³-hybridized carbons (Fsp3) is 0.273. The lowest BCUT2D eigenvalue weighted by Gasteiger charge is -2.26. The van der Waals surface area contributed by atoms with Crippen LogP contribution in [0.4, 0.5) is 0 Å². The van der Waals surface area contributed by atoms with Crippen LogP contribution < -0.4 is 15.6 Å². The van der Waals surface area contributed by atoms with Gasteiger partial charge in [-0.15, -0.1) is 0 Å². The highest BCUT2D eigenvalue weighted by Crippen LogP contribution is 2.22. The highest BCUT2D eigenvalue weighted by molar-refractivity contribution is 6.09. The predicted molar refractivity (Wildman–Crippen MR) is 109 cm³/mol. The number of para-hydroxylation sites is 1. The molecule has 0 radical (unpaired) electrons. The van der Waals surface area contributed by atoms with Crippen molar-refractivity contribution in [1.82, 2.24) is 15.8 Å². The van der Waals surface area contributed by atoms with Crippen molar-refractivity contribution in [1.29, 1.82) is 0 Å². The minimum absolute atomic E-state index is 0.0629. The van der Waals surface area contributed by atoms with Gasteiger partial charge in [-0.25, -0.2) is 0 Å². The van der Waals surface area contributed by atoms with E-state index in [2.05, 4.69) is 10.9 Å². The molecule has 0 spiro atoms. The first kappa shape index (κ1) is 21.0. The number of amides is 4. The SMILES string of the molecule is Cc1cccc(C)c1OCC(=O)NNC(=O)CCN1C(=O)Cc2ccccc2C1=O. The molecule has 4 amide bonds. The number of ether oxygens (including phenoxy) is 1. The zero-order valence-electron chi connectivity index (χ0n) is 16.9. The molecule has 3 rings (SSSR count). The normalized spacial score (nSPS) is 12.9. The second kappa shape index (κ2) is 9.21. The van der Waals surface area contributed by atoms with Gasteiger partial charge in [0.1, 0.15) is 5.75 Å². The summed E-state index contributed by atoms with van der Waals surface area (Å²) < 4.78 is 5.52. The van der Waals surface area contributed by atoms with E-state index in [1.54, 1.807) is 24.3 Å². The quantitative estimate of drug-likeness (QED) is 0.555. The van der Waals surface area contributed by atoms with Gasteiger partial charge in [-0.2, -0.15) is 0 Å². The number of hydrogen-bond acceptors (Lipinski definition) is 5. The second-order valence-electron chi connectivity index (χ2n) is 7.04. The molecule has 1 aliphatic rings. The van der Waals surface area contributed by atoms with Crippen molar-refractivity contribution in [3.63, 3.8) is 0 Å². The van der Waals surface area contributed by atoms with Crippen molar-refractivity contribution < 1.29 is 23.9 Å². The van der Waals surface area contributed by atoms with E-state index in [0.717, 1.165) is 16.0 Å². The van der Waals surface area contributed by atoms with Crippen molar-refractivity contribution in [2.24, 2.45) is 0 Å². The first-order chi connectivity index (χ1) is 14.4. The number of nitrogens with zero attached hydrogens (tertiary/aromatic N) is 1.